The van der Waals surface area contributed by atoms with Gasteiger partial charge in [0.15, 0.2) is 0 Å². The Morgan fingerprint density at radius 3 is 1.31 bits per heavy atom. The molecule has 4 aliphatic heterocycles. The summed E-state index contributed by atoms with van der Waals surface area (Å²) >= 11 is 0. The molecule has 10 unspecified atom stereocenters. The van der Waals surface area contributed by atoms with E-state index in [9.17, 15) is 40.4 Å². The summed E-state index contributed by atoms with van der Waals surface area (Å²) in [6, 6.07) is 4.76. The summed E-state index contributed by atoms with van der Waals surface area (Å²) in [6.45, 7) is 15.0. The Morgan fingerprint density at radius 2 is 0.974 bits per heavy atom. The quantitative estimate of drug-likeness (QED) is 0.190. The molecule has 4 fully saturated rings. The molecule has 0 aromatic heterocycles. The molecule has 25 heteroatoms. The number of rotatable bonds is 19. The second kappa shape index (κ2) is 24.3. The minimum Gasteiger partial charge on any atom is -0.487 e. The van der Waals surface area contributed by atoms with Crippen molar-refractivity contribution in [2.24, 2.45) is 0 Å². The summed E-state index contributed by atoms with van der Waals surface area (Å²) in [6.07, 6.45) is -0.236. The monoisotopic (exact) mass is 1130 g/mol. The van der Waals surface area contributed by atoms with Crippen LogP contribution in [0, 0.1) is 12.7 Å². The van der Waals surface area contributed by atoms with Crippen LogP contribution in [0.1, 0.15) is 99.5 Å². The SMILES string of the molecule is Cc1ccc(OC2CN(S(C)(=O)=O)C3CCN(C(=O)C(CCCCC(NC(=O)C(C)N(C)C(=O)OC(C)(C)C)C(=O)N4CCC5C4C(Oc4ccc(F)cc4)CN5S(C)(=O)=O)NC(=O)C(C)N(C)C(=O)OC(C)(C)C)C23)cc1. The predicted molar refractivity (Wildman–Crippen MR) is 287 cm³/mol. The number of halogens is 1. The second-order valence-corrected chi connectivity index (χ2v) is 26.8. The van der Waals surface area contributed by atoms with Gasteiger partial charge in [-0.25, -0.2) is 30.8 Å². The zero-order valence-corrected chi connectivity index (χ0v) is 48.7. The van der Waals surface area contributed by atoms with E-state index in [2.05, 4.69) is 10.6 Å². The standard InChI is InChI=1S/C53H79FN8O14S2/c1-32-18-22-36(23-19-32)73-42-30-61(77(12,69)70)40-26-28-59(44(40)42)48(65)38(55-46(63)33(2)57(10)50(67)75-52(4,5)6)16-14-15-17-39(56-47(64)34(3)58(11)51(68)76-53(7,8)9)49(66)60-29-27-41-45(60)43(31-62(41)78(13,71)72)74-37-24-20-35(54)21-25-37/h18-25,33-34,38-45H,14-17,26-31H2,1-13H3,(H,55,63)(H,56,64). The molecule has 10 atom stereocenters. The van der Waals surface area contributed by atoms with Crippen LogP contribution in [-0.2, 0) is 48.7 Å². The van der Waals surface area contributed by atoms with Crippen LogP contribution >= 0.6 is 0 Å². The molecule has 0 saturated carbocycles. The van der Waals surface area contributed by atoms with Crippen LogP contribution < -0.4 is 20.1 Å². The number of aryl methyl sites for hydroxylation is 1. The van der Waals surface area contributed by atoms with E-state index in [-0.39, 0.29) is 70.5 Å². The van der Waals surface area contributed by atoms with Crippen LogP contribution in [0.3, 0.4) is 0 Å². The van der Waals surface area contributed by atoms with E-state index in [0.717, 1.165) is 27.9 Å². The van der Waals surface area contributed by atoms with Gasteiger partial charge in [-0.3, -0.25) is 29.0 Å². The number of hydrogen-bond acceptors (Lipinski definition) is 14. The molecule has 0 radical (unpaired) electrons. The molecule has 78 heavy (non-hydrogen) atoms. The molecule has 2 N–H and O–H groups in total. The van der Waals surface area contributed by atoms with Gasteiger partial charge < -0.3 is 39.4 Å². The van der Waals surface area contributed by atoms with E-state index in [1.54, 1.807) is 58.6 Å². The maximum atomic E-state index is 15.1. The Bertz CT molecular complexity index is 2560. The zero-order chi connectivity index (χ0) is 58.0. The summed E-state index contributed by atoms with van der Waals surface area (Å²) in [5, 5.41) is 5.70. The van der Waals surface area contributed by atoms with E-state index in [1.165, 1.54) is 65.7 Å². The Balaban J connectivity index is 1.28. The lowest BCUT2D eigenvalue weighted by Crippen LogP contribution is -2.57. The summed E-state index contributed by atoms with van der Waals surface area (Å²) in [7, 11) is -4.79. The van der Waals surface area contributed by atoms with Crippen molar-refractivity contribution in [3.8, 4) is 11.5 Å². The normalized spacial score (nSPS) is 23.3. The highest BCUT2D eigenvalue weighted by Crippen LogP contribution is 2.38. The van der Waals surface area contributed by atoms with Gasteiger partial charge in [0.05, 0.1) is 49.8 Å². The Morgan fingerprint density at radius 1 is 0.628 bits per heavy atom. The highest BCUT2D eigenvalue weighted by Gasteiger charge is 2.56. The van der Waals surface area contributed by atoms with Crippen molar-refractivity contribution in [1.29, 1.82) is 0 Å². The van der Waals surface area contributed by atoms with Gasteiger partial charge in [0, 0.05) is 27.2 Å². The summed E-state index contributed by atoms with van der Waals surface area (Å²) in [5.41, 5.74) is -0.781. The highest BCUT2D eigenvalue weighted by atomic mass is 32.2. The Hall–Kier alpha value is -5.79. The number of benzene rings is 2. The van der Waals surface area contributed by atoms with Gasteiger partial charge in [-0.1, -0.05) is 30.5 Å². The fraction of sp³-hybridized carbons (Fsp3) is 0.660. The number of unbranched alkanes of at least 4 members (excludes halogenated alkanes) is 1. The number of likely N-dealkylation sites (tertiary alicyclic amines) is 2. The van der Waals surface area contributed by atoms with E-state index in [1.807, 2.05) is 19.1 Å². The molecule has 0 aliphatic carbocycles. The average Bonchev–Trinajstić information content (AvgIpc) is 4.31. The Labute approximate surface area is 458 Å². The zero-order valence-electron chi connectivity index (χ0n) is 47.1. The van der Waals surface area contributed by atoms with Gasteiger partial charge >= 0.3 is 12.2 Å². The van der Waals surface area contributed by atoms with Gasteiger partial charge in [0.25, 0.3) is 0 Å². The van der Waals surface area contributed by atoms with Gasteiger partial charge in [-0.2, -0.15) is 8.61 Å². The molecular formula is C53H79FN8O14S2. The fourth-order valence-corrected chi connectivity index (χ4v) is 12.7. The number of ether oxygens (including phenoxy) is 4. The van der Waals surface area contributed by atoms with Crippen molar-refractivity contribution in [2.45, 2.75) is 173 Å². The first-order valence-corrected chi connectivity index (χ1v) is 30.1. The number of carbonyl (C=O) groups is 6. The Kier molecular flexibility index (Phi) is 19.1. The number of hydrogen-bond donors (Lipinski definition) is 2. The van der Waals surface area contributed by atoms with E-state index >= 15 is 9.59 Å². The van der Waals surface area contributed by atoms with E-state index in [0.29, 0.717) is 5.75 Å². The molecule has 0 spiro atoms. The van der Waals surface area contributed by atoms with E-state index in [4.69, 9.17) is 18.9 Å². The maximum absolute atomic E-state index is 15.1. The molecule has 22 nitrogen and oxygen atoms in total. The summed E-state index contributed by atoms with van der Waals surface area (Å²) in [5.74, 6) is -2.26. The second-order valence-electron chi connectivity index (χ2n) is 22.9. The molecule has 2 aromatic rings. The third kappa shape index (κ3) is 15.1. The first-order valence-electron chi connectivity index (χ1n) is 26.4. The highest BCUT2D eigenvalue weighted by molar-refractivity contribution is 7.88. The minimum absolute atomic E-state index is 0.0153. The molecule has 0 bridgehead atoms. The number of nitrogens with zero attached hydrogens (tertiary/aromatic N) is 6. The van der Waals surface area contributed by atoms with Crippen molar-refractivity contribution in [2.75, 3.05) is 52.8 Å². The first-order chi connectivity index (χ1) is 36.1. The van der Waals surface area contributed by atoms with Crippen molar-refractivity contribution in [1.82, 2.24) is 38.8 Å². The molecule has 4 heterocycles. The van der Waals surface area contributed by atoms with E-state index < -0.39 is 133 Å². The molecular weight excluding hydrogens is 1060 g/mol. The molecule has 4 saturated heterocycles. The third-order valence-corrected chi connectivity index (χ3v) is 17.2. The van der Waals surface area contributed by atoms with Crippen molar-refractivity contribution < 1.29 is 68.9 Å². The number of amides is 6. The number of nitrogens with one attached hydrogen (secondary N) is 2. The number of fused-ring (bicyclic) bond motifs is 2. The maximum Gasteiger partial charge on any atom is 0.410 e. The van der Waals surface area contributed by atoms with Gasteiger partial charge in [-0.15, -0.1) is 0 Å². The molecule has 6 rings (SSSR count). The number of carbonyl (C=O) groups excluding carboxylic acids is 6. The fourth-order valence-electron chi connectivity index (χ4n) is 10.5. The topological polar surface area (TPSA) is 251 Å². The van der Waals surface area contributed by atoms with Crippen molar-refractivity contribution in [3.63, 3.8) is 0 Å². The predicted octanol–water partition coefficient (Wildman–Crippen LogP) is 3.86. The number of likely N-dealkylation sites (N-methyl/N-ethyl adjacent to an activating group) is 2. The van der Waals surface area contributed by atoms with Crippen molar-refractivity contribution in [3.05, 3.63) is 59.9 Å². The number of sulfonamides is 2. The lowest BCUT2D eigenvalue weighted by molar-refractivity contribution is -0.139. The largest absolute Gasteiger partial charge is 0.487 e. The molecule has 434 valence electrons. The minimum atomic E-state index is -3.81. The molecule has 6 amide bonds. The van der Waals surface area contributed by atoms with Crippen LogP contribution in [-0.4, -0.2) is 205 Å². The van der Waals surface area contributed by atoms with Gasteiger partial charge in [0.1, 0.15) is 64.9 Å². The van der Waals surface area contributed by atoms with Gasteiger partial charge in [0.2, 0.25) is 43.7 Å². The molecule has 2 aromatic carbocycles. The van der Waals surface area contributed by atoms with Crippen LogP contribution in [0.2, 0.25) is 0 Å². The first kappa shape index (κ1) is 61.4. The van der Waals surface area contributed by atoms with Crippen LogP contribution in [0.15, 0.2) is 48.5 Å². The van der Waals surface area contributed by atoms with Crippen molar-refractivity contribution >= 4 is 55.9 Å². The third-order valence-electron chi connectivity index (χ3n) is 14.6. The van der Waals surface area contributed by atoms with Crippen LogP contribution in [0.4, 0.5) is 14.0 Å². The molecule has 4 aliphatic rings. The van der Waals surface area contributed by atoms with Gasteiger partial charge in [-0.05, 0) is 124 Å². The smallest absolute Gasteiger partial charge is 0.410 e. The lowest BCUT2D eigenvalue weighted by Gasteiger charge is -2.34. The average molecular weight is 1140 g/mol. The summed E-state index contributed by atoms with van der Waals surface area (Å²) in [4.78, 5) is 90.0. The van der Waals surface area contributed by atoms with Crippen LogP contribution in [0.25, 0.3) is 0 Å². The van der Waals surface area contributed by atoms with Crippen LogP contribution in [0.5, 0.6) is 11.5 Å². The lowest BCUT2D eigenvalue weighted by atomic mass is 10.0. The summed E-state index contributed by atoms with van der Waals surface area (Å²) < 4.78 is 93.0.